The number of carbonyl (C=O) groups is 1. The van der Waals surface area contributed by atoms with Gasteiger partial charge >= 0.3 is 0 Å². The summed E-state index contributed by atoms with van der Waals surface area (Å²) in [5.41, 5.74) is 5.64. The van der Waals surface area contributed by atoms with Crippen LogP contribution in [0.2, 0.25) is 0 Å². The highest BCUT2D eigenvalue weighted by molar-refractivity contribution is 7.88. The summed E-state index contributed by atoms with van der Waals surface area (Å²) in [5, 5.41) is 0. The Morgan fingerprint density at radius 1 is 1.29 bits per heavy atom. The SMILES string of the molecule is CCC(N)C(=O)N1CCN(S(C)(=O)=O)CC1.Cl. The molecular weight excluding hydrogens is 266 g/mol. The number of carbonyl (C=O) groups excluding carboxylic acids is 1. The van der Waals surface area contributed by atoms with Crippen molar-refractivity contribution in [2.24, 2.45) is 5.73 Å². The summed E-state index contributed by atoms with van der Waals surface area (Å²) < 4.78 is 23.9. The maximum atomic E-state index is 11.7. The lowest BCUT2D eigenvalue weighted by atomic mass is 10.2. The zero-order chi connectivity index (χ0) is 12.3. The van der Waals surface area contributed by atoms with Crippen molar-refractivity contribution >= 4 is 28.3 Å². The van der Waals surface area contributed by atoms with Crippen molar-refractivity contribution < 1.29 is 13.2 Å². The lowest BCUT2D eigenvalue weighted by Crippen LogP contribution is -2.53. The monoisotopic (exact) mass is 285 g/mol. The van der Waals surface area contributed by atoms with Gasteiger partial charge in [-0.05, 0) is 6.42 Å². The molecule has 0 aromatic rings. The van der Waals surface area contributed by atoms with Gasteiger partial charge in [-0.3, -0.25) is 4.79 Å². The normalized spacial score (nSPS) is 19.6. The van der Waals surface area contributed by atoms with E-state index in [1.165, 1.54) is 10.6 Å². The predicted octanol–water partition coefficient (Wildman–Crippen LogP) is -0.751. The molecule has 1 heterocycles. The average molecular weight is 286 g/mol. The molecule has 0 aromatic heterocycles. The highest BCUT2D eigenvalue weighted by Gasteiger charge is 2.27. The standard InChI is InChI=1S/C9H19N3O3S.ClH/c1-3-8(10)9(13)11-4-6-12(7-5-11)16(2,14)15;/h8H,3-7,10H2,1-2H3;1H. The molecule has 8 heteroatoms. The number of nitrogens with zero attached hydrogens (tertiary/aromatic N) is 2. The van der Waals surface area contributed by atoms with Crippen LogP contribution in [-0.4, -0.2) is 62.0 Å². The quantitative estimate of drug-likeness (QED) is 0.739. The number of halogens is 1. The molecule has 1 amide bonds. The average Bonchev–Trinajstić information content (AvgIpc) is 2.26. The molecule has 1 aliphatic rings. The number of rotatable bonds is 3. The molecule has 0 radical (unpaired) electrons. The van der Waals surface area contributed by atoms with Crippen LogP contribution < -0.4 is 5.73 Å². The third-order valence-electron chi connectivity index (χ3n) is 2.78. The molecule has 0 saturated carbocycles. The molecule has 102 valence electrons. The minimum Gasteiger partial charge on any atom is -0.339 e. The molecule has 1 saturated heterocycles. The van der Waals surface area contributed by atoms with Crippen LogP contribution >= 0.6 is 12.4 Å². The minimum absolute atomic E-state index is 0. The zero-order valence-electron chi connectivity index (χ0n) is 10.1. The number of nitrogens with two attached hydrogens (primary N) is 1. The summed E-state index contributed by atoms with van der Waals surface area (Å²) in [4.78, 5) is 13.4. The van der Waals surface area contributed by atoms with E-state index >= 15 is 0 Å². The largest absolute Gasteiger partial charge is 0.339 e. The number of piperazine rings is 1. The van der Waals surface area contributed by atoms with Gasteiger partial charge in [0.1, 0.15) is 0 Å². The van der Waals surface area contributed by atoms with Crippen LogP contribution in [0.4, 0.5) is 0 Å². The Morgan fingerprint density at radius 3 is 2.12 bits per heavy atom. The first kappa shape index (κ1) is 16.6. The molecule has 0 spiro atoms. The third kappa shape index (κ3) is 4.42. The van der Waals surface area contributed by atoms with Crippen molar-refractivity contribution in [2.45, 2.75) is 19.4 Å². The summed E-state index contributed by atoms with van der Waals surface area (Å²) in [5.74, 6) is -0.0874. The van der Waals surface area contributed by atoms with Crippen LogP contribution in [0.15, 0.2) is 0 Å². The lowest BCUT2D eigenvalue weighted by Gasteiger charge is -2.34. The topological polar surface area (TPSA) is 83.7 Å². The Kier molecular flexibility index (Phi) is 6.39. The van der Waals surface area contributed by atoms with Crippen molar-refractivity contribution in [3.63, 3.8) is 0 Å². The van der Waals surface area contributed by atoms with Gasteiger partial charge in [0.15, 0.2) is 0 Å². The molecule has 1 atom stereocenters. The van der Waals surface area contributed by atoms with Gasteiger partial charge in [0.2, 0.25) is 15.9 Å². The minimum atomic E-state index is -3.14. The van der Waals surface area contributed by atoms with Gasteiger partial charge < -0.3 is 10.6 Å². The van der Waals surface area contributed by atoms with Gasteiger partial charge in [-0.15, -0.1) is 12.4 Å². The Balaban J connectivity index is 0.00000256. The number of sulfonamides is 1. The molecule has 1 fully saturated rings. The van der Waals surface area contributed by atoms with Crippen molar-refractivity contribution in [1.29, 1.82) is 0 Å². The van der Waals surface area contributed by atoms with E-state index in [0.717, 1.165) is 0 Å². The van der Waals surface area contributed by atoms with Crippen LogP contribution in [0.25, 0.3) is 0 Å². The maximum Gasteiger partial charge on any atom is 0.239 e. The second-order valence-corrected chi connectivity index (χ2v) is 5.98. The van der Waals surface area contributed by atoms with Gasteiger partial charge in [0, 0.05) is 26.2 Å². The van der Waals surface area contributed by atoms with Gasteiger partial charge in [-0.1, -0.05) is 6.92 Å². The lowest BCUT2D eigenvalue weighted by molar-refractivity contribution is -0.133. The maximum absolute atomic E-state index is 11.7. The molecule has 1 aliphatic heterocycles. The van der Waals surface area contributed by atoms with Crippen molar-refractivity contribution in [3.8, 4) is 0 Å². The van der Waals surface area contributed by atoms with E-state index in [1.54, 1.807) is 4.90 Å². The van der Waals surface area contributed by atoms with Gasteiger partial charge in [0.25, 0.3) is 0 Å². The van der Waals surface area contributed by atoms with E-state index in [2.05, 4.69) is 0 Å². The van der Waals surface area contributed by atoms with E-state index in [4.69, 9.17) is 5.73 Å². The first-order chi connectivity index (χ1) is 7.36. The molecule has 1 unspecified atom stereocenters. The fourth-order valence-corrected chi connectivity index (χ4v) is 2.48. The summed E-state index contributed by atoms with van der Waals surface area (Å²) in [6, 6.07) is -0.468. The molecular formula is C9H20ClN3O3S. The number of hydrogen-bond acceptors (Lipinski definition) is 4. The van der Waals surface area contributed by atoms with Crippen molar-refractivity contribution in [3.05, 3.63) is 0 Å². The second-order valence-electron chi connectivity index (χ2n) is 4.00. The van der Waals surface area contributed by atoms with E-state index in [1.807, 2.05) is 6.92 Å². The van der Waals surface area contributed by atoms with E-state index in [0.29, 0.717) is 32.6 Å². The molecule has 1 rings (SSSR count). The van der Waals surface area contributed by atoms with Crippen LogP contribution in [0.1, 0.15) is 13.3 Å². The van der Waals surface area contributed by atoms with Crippen molar-refractivity contribution in [2.75, 3.05) is 32.4 Å². The summed E-state index contributed by atoms with van der Waals surface area (Å²) in [6.07, 6.45) is 1.79. The second kappa shape index (κ2) is 6.53. The molecule has 17 heavy (non-hydrogen) atoms. The van der Waals surface area contributed by atoms with E-state index in [9.17, 15) is 13.2 Å². The fraction of sp³-hybridized carbons (Fsp3) is 0.889. The first-order valence-corrected chi connectivity index (χ1v) is 7.20. The Labute approximate surface area is 109 Å². The summed E-state index contributed by atoms with van der Waals surface area (Å²) >= 11 is 0. The van der Waals surface area contributed by atoms with Gasteiger partial charge in [-0.2, -0.15) is 4.31 Å². The fourth-order valence-electron chi connectivity index (χ4n) is 1.65. The molecule has 0 bridgehead atoms. The number of hydrogen-bond donors (Lipinski definition) is 1. The Hall–Kier alpha value is -0.370. The molecule has 0 aliphatic carbocycles. The van der Waals surface area contributed by atoms with E-state index in [-0.39, 0.29) is 18.3 Å². The third-order valence-corrected chi connectivity index (χ3v) is 4.08. The summed E-state index contributed by atoms with van der Waals surface area (Å²) in [7, 11) is -3.14. The highest BCUT2D eigenvalue weighted by Crippen LogP contribution is 2.07. The van der Waals surface area contributed by atoms with Gasteiger partial charge in [-0.25, -0.2) is 8.42 Å². The zero-order valence-corrected chi connectivity index (χ0v) is 11.8. The van der Waals surface area contributed by atoms with Gasteiger partial charge in [0.05, 0.1) is 12.3 Å². The Morgan fingerprint density at radius 2 is 1.76 bits per heavy atom. The van der Waals surface area contributed by atoms with E-state index < -0.39 is 16.1 Å². The summed E-state index contributed by atoms with van der Waals surface area (Å²) in [6.45, 7) is 3.44. The predicted molar refractivity (Wildman–Crippen MR) is 68.5 cm³/mol. The van der Waals surface area contributed by atoms with Crippen LogP contribution in [-0.2, 0) is 14.8 Å². The highest BCUT2D eigenvalue weighted by atomic mass is 35.5. The smallest absolute Gasteiger partial charge is 0.239 e. The van der Waals surface area contributed by atoms with Crippen molar-refractivity contribution in [1.82, 2.24) is 9.21 Å². The molecule has 2 N–H and O–H groups in total. The Bertz CT molecular complexity index is 352. The molecule has 0 aromatic carbocycles. The van der Waals surface area contributed by atoms with Crippen LogP contribution in [0.5, 0.6) is 0 Å². The van der Waals surface area contributed by atoms with Crippen LogP contribution in [0.3, 0.4) is 0 Å². The molecule has 6 nitrogen and oxygen atoms in total. The number of amides is 1. The first-order valence-electron chi connectivity index (χ1n) is 5.35. The van der Waals surface area contributed by atoms with Crippen LogP contribution in [0, 0.1) is 0 Å².